The van der Waals surface area contributed by atoms with Gasteiger partial charge in [0.05, 0.1) is 17.0 Å². The van der Waals surface area contributed by atoms with Crippen LogP contribution in [0.15, 0.2) is 23.1 Å². The van der Waals surface area contributed by atoms with E-state index >= 15 is 0 Å². The van der Waals surface area contributed by atoms with E-state index in [-0.39, 0.29) is 28.2 Å². The maximum atomic E-state index is 13.4. The van der Waals surface area contributed by atoms with Gasteiger partial charge in [0.15, 0.2) is 14.6 Å². The molecular weight excluding hydrogens is 380 g/mol. The van der Waals surface area contributed by atoms with Gasteiger partial charge in [0, 0.05) is 0 Å². The standard InChI is InChI=1S/C17H23ClN2O5S/c1-25-14-3-2-12(10-13(14)18)26(23,24)17(15(21)20-22)5-4-16(11-17)6-8-19-9-7-16/h2-3,10,19,22H,4-9,11H2,1H3,(H,20,21)/t17-/m1/s1. The van der Waals surface area contributed by atoms with E-state index in [4.69, 9.17) is 16.3 Å². The van der Waals surface area contributed by atoms with E-state index in [2.05, 4.69) is 5.32 Å². The van der Waals surface area contributed by atoms with E-state index in [1.807, 2.05) is 0 Å². The number of rotatable bonds is 4. The van der Waals surface area contributed by atoms with Crippen LogP contribution in [0.3, 0.4) is 0 Å². The van der Waals surface area contributed by atoms with Crippen LogP contribution >= 0.6 is 11.6 Å². The predicted octanol–water partition coefficient (Wildman–Crippen LogP) is 1.92. The van der Waals surface area contributed by atoms with Gasteiger partial charge in [-0.15, -0.1) is 0 Å². The zero-order valence-electron chi connectivity index (χ0n) is 14.5. The third kappa shape index (κ3) is 2.98. The van der Waals surface area contributed by atoms with Crippen molar-refractivity contribution in [2.75, 3.05) is 20.2 Å². The number of amides is 1. The monoisotopic (exact) mass is 402 g/mol. The maximum absolute atomic E-state index is 13.4. The number of carbonyl (C=O) groups excluding carboxylic acids is 1. The Morgan fingerprint density at radius 2 is 1.96 bits per heavy atom. The van der Waals surface area contributed by atoms with Crippen molar-refractivity contribution in [2.45, 2.75) is 41.7 Å². The number of sulfone groups is 1. The molecular formula is C17H23ClN2O5S. The summed E-state index contributed by atoms with van der Waals surface area (Å²) in [5.41, 5.74) is 1.38. The third-order valence-corrected chi connectivity index (χ3v) is 8.58. The number of methoxy groups -OCH3 is 1. The number of piperidine rings is 1. The van der Waals surface area contributed by atoms with E-state index in [1.54, 1.807) is 5.48 Å². The summed E-state index contributed by atoms with van der Waals surface area (Å²) in [6.45, 7) is 1.59. The largest absolute Gasteiger partial charge is 0.495 e. The van der Waals surface area contributed by atoms with Crippen molar-refractivity contribution in [3.05, 3.63) is 23.2 Å². The summed E-state index contributed by atoms with van der Waals surface area (Å²) in [5, 5.41) is 12.7. The number of hydroxylamine groups is 1. The smallest absolute Gasteiger partial charge is 0.265 e. The first-order chi connectivity index (χ1) is 12.3. The lowest BCUT2D eigenvalue weighted by Crippen LogP contribution is -2.51. The summed E-state index contributed by atoms with van der Waals surface area (Å²) >= 11 is 6.10. The van der Waals surface area contributed by atoms with E-state index < -0.39 is 20.5 Å². The number of carbonyl (C=O) groups is 1. The Morgan fingerprint density at radius 1 is 1.27 bits per heavy atom. The van der Waals surface area contributed by atoms with Gasteiger partial charge in [0.25, 0.3) is 5.91 Å². The van der Waals surface area contributed by atoms with Gasteiger partial charge in [-0.25, -0.2) is 13.9 Å². The lowest BCUT2D eigenvalue weighted by atomic mass is 9.77. The van der Waals surface area contributed by atoms with Gasteiger partial charge < -0.3 is 10.1 Å². The van der Waals surface area contributed by atoms with Crippen molar-refractivity contribution in [1.29, 1.82) is 0 Å². The number of ether oxygens (including phenoxy) is 1. The second kappa shape index (κ2) is 6.99. The third-order valence-electron chi connectivity index (χ3n) is 5.85. The molecule has 0 bridgehead atoms. The van der Waals surface area contributed by atoms with Gasteiger partial charge in [-0.3, -0.25) is 10.0 Å². The zero-order valence-corrected chi connectivity index (χ0v) is 16.1. The fourth-order valence-corrected chi connectivity index (χ4v) is 6.77. The SMILES string of the molecule is COc1ccc(S(=O)(=O)[C@]2(C(=O)NO)CCC3(CCNCC3)C2)cc1Cl. The summed E-state index contributed by atoms with van der Waals surface area (Å²) in [4.78, 5) is 12.5. The molecule has 1 aromatic rings. The molecule has 1 saturated carbocycles. The minimum atomic E-state index is -4.07. The maximum Gasteiger partial charge on any atom is 0.265 e. The number of halogens is 1. The number of benzene rings is 1. The molecule has 1 saturated heterocycles. The number of hydrogen-bond donors (Lipinski definition) is 3. The molecule has 1 amide bonds. The van der Waals surface area contributed by atoms with E-state index in [9.17, 15) is 18.4 Å². The molecule has 1 spiro atoms. The summed E-state index contributed by atoms with van der Waals surface area (Å²) in [6, 6.07) is 4.16. The first kappa shape index (κ1) is 19.4. The van der Waals surface area contributed by atoms with Crippen LogP contribution in [0.25, 0.3) is 0 Å². The Labute approximate surface area is 157 Å². The second-order valence-corrected chi connectivity index (χ2v) is 9.83. The molecule has 2 fully saturated rings. The molecule has 1 aliphatic heterocycles. The predicted molar refractivity (Wildman–Crippen MR) is 96.2 cm³/mol. The van der Waals surface area contributed by atoms with Crippen molar-refractivity contribution >= 4 is 27.3 Å². The average Bonchev–Trinajstić information content (AvgIpc) is 3.02. The molecule has 9 heteroatoms. The van der Waals surface area contributed by atoms with Crippen LogP contribution in [-0.4, -0.2) is 44.5 Å². The molecule has 144 valence electrons. The molecule has 3 rings (SSSR count). The molecule has 26 heavy (non-hydrogen) atoms. The molecule has 2 aliphatic rings. The van der Waals surface area contributed by atoms with E-state index in [1.165, 1.54) is 25.3 Å². The molecule has 1 atom stereocenters. The van der Waals surface area contributed by atoms with Crippen molar-refractivity contribution < 1.29 is 23.2 Å². The number of hydrogen-bond acceptors (Lipinski definition) is 6. The minimum absolute atomic E-state index is 0.0436. The molecule has 3 N–H and O–H groups in total. The fourth-order valence-electron chi connectivity index (χ4n) is 4.32. The highest BCUT2D eigenvalue weighted by Gasteiger charge is 2.60. The molecule has 0 radical (unpaired) electrons. The van der Waals surface area contributed by atoms with Crippen molar-refractivity contribution in [1.82, 2.24) is 10.8 Å². The highest BCUT2D eigenvalue weighted by molar-refractivity contribution is 7.93. The molecule has 0 unspecified atom stereocenters. The highest BCUT2D eigenvalue weighted by Crippen LogP contribution is 2.54. The highest BCUT2D eigenvalue weighted by atomic mass is 35.5. The number of nitrogens with one attached hydrogen (secondary N) is 2. The average molecular weight is 403 g/mol. The van der Waals surface area contributed by atoms with Gasteiger partial charge in [0.2, 0.25) is 0 Å². The van der Waals surface area contributed by atoms with Crippen LogP contribution in [0.4, 0.5) is 0 Å². The Hall–Kier alpha value is -1.35. The first-order valence-electron chi connectivity index (χ1n) is 8.54. The summed E-state index contributed by atoms with van der Waals surface area (Å²) in [5.74, 6) is -0.521. The normalized spacial score (nSPS) is 25.2. The van der Waals surface area contributed by atoms with Crippen molar-refractivity contribution in [2.24, 2.45) is 5.41 Å². The van der Waals surface area contributed by atoms with Gasteiger partial charge in [0.1, 0.15) is 5.75 Å². The Kier molecular flexibility index (Phi) is 5.22. The van der Waals surface area contributed by atoms with Crippen LogP contribution in [0.5, 0.6) is 5.75 Å². The summed E-state index contributed by atoms with van der Waals surface area (Å²) in [7, 11) is -2.63. The zero-order chi connectivity index (χ0) is 19.0. The van der Waals surface area contributed by atoms with E-state index in [0.29, 0.717) is 12.2 Å². The van der Waals surface area contributed by atoms with Crippen LogP contribution in [0.1, 0.15) is 32.1 Å². The minimum Gasteiger partial charge on any atom is -0.495 e. The topological polar surface area (TPSA) is 105 Å². The van der Waals surface area contributed by atoms with E-state index in [0.717, 1.165) is 25.9 Å². The molecule has 1 aliphatic carbocycles. The molecule has 0 aromatic heterocycles. The summed E-state index contributed by atoms with van der Waals surface area (Å²) < 4.78 is 30.3. The van der Waals surface area contributed by atoms with Crippen LogP contribution in [-0.2, 0) is 14.6 Å². The van der Waals surface area contributed by atoms with Gasteiger partial charge in [-0.1, -0.05) is 11.6 Å². The van der Waals surface area contributed by atoms with Gasteiger partial charge in [-0.05, 0) is 68.8 Å². The van der Waals surface area contributed by atoms with Gasteiger partial charge >= 0.3 is 0 Å². The van der Waals surface area contributed by atoms with Crippen LogP contribution < -0.4 is 15.5 Å². The lowest BCUT2D eigenvalue weighted by Gasteiger charge is -2.36. The second-order valence-electron chi connectivity index (χ2n) is 7.16. The summed E-state index contributed by atoms with van der Waals surface area (Å²) in [6.07, 6.45) is 2.62. The molecule has 7 nitrogen and oxygen atoms in total. The molecule has 1 aromatic carbocycles. The van der Waals surface area contributed by atoms with Crippen molar-refractivity contribution in [3.8, 4) is 5.75 Å². The van der Waals surface area contributed by atoms with Crippen LogP contribution in [0.2, 0.25) is 5.02 Å². The quantitative estimate of drug-likeness (QED) is 0.525. The van der Waals surface area contributed by atoms with Crippen molar-refractivity contribution in [3.63, 3.8) is 0 Å². The van der Waals surface area contributed by atoms with Crippen LogP contribution in [0, 0.1) is 5.41 Å². The fraction of sp³-hybridized carbons (Fsp3) is 0.588. The molecule has 1 heterocycles. The van der Waals surface area contributed by atoms with Gasteiger partial charge in [-0.2, -0.15) is 0 Å². The Morgan fingerprint density at radius 3 is 2.54 bits per heavy atom. The first-order valence-corrected chi connectivity index (χ1v) is 10.4. The Balaban J connectivity index is 2.05. The Bertz CT molecular complexity index is 807. The lowest BCUT2D eigenvalue weighted by molar-refractivity contribution is -0.132.